The predicted octanol–water partition coefficient (Wildman–Crippen LogP) is 1.74. The van der Waals surface area contributed by atoms with Crippen LogP contribution in [0.25, 0.3) is 0 Å². The molecule has 0 heterocycles. The Labute approximate surface area is 123 Å². The van der Waals surface area contributed by atoms with E-state index >= 15 is 0 Å². The van der Waals surface area contributed by atoms with E-state index in [-0.39, 0.29) is 20.4 Å². The number of halogens is 5. The Hall–Kier alpha value is -1.25. The van der Waals surface area contributed by atoms with Gasteiger partial charge in [0.1, 0.15) is 0 Å². The van der Waals surface area contributed by atoms with Crippen LogP contribution in [0.5, 0.6) is 0 Å². The van der Waals surface area contributed by atoms with Gasteiger partial charge in [-0.15, -0.1) is 0 Å². The van der Waals surface area contributed by atoms with Crippen LogP contribution < -0.4 is 0 Å². The zero-order valence-electron chi connectivity index (χ0n) is 8.81. The molecule has 0 saturated carbocycles. The van der Waals surface area contributed by atoms with Gasteiger partial charge in [0.15, 0.2) is 5.92 Å². The van der Waals surface area contributed by atoms with Crippen LogP contribution in [0.2, 0.25) is 0 Å². The molecule has 0 N–H and O–H groups in total. The Morgan fingerprint density at radius 2 is 0.900 bits per heavy atom. The summed E-state index contributed by atoms with van der Waals surface area (Å²) in [6.07, 6.45) is 0.639. The van der Waals surface area contributed by atoms with Crippen molar-refractivity contribution in [2.45, 2.75) is 11.8 Å². The van der Waals surface area contributed by atoms with Gasteiger partial charge in [-0.2, -0.15) is 8.78 Å². The van der Waals surface area contributed by atoms with Gasteiger partial charge in [-0.3, -0.25) is 0 Å². The molecule has 0 atom stereocenters. The smallest absolute Gasteiger partial charge is 0 e. The van der Waals surface area contributed by atoms with Gasteiger partial charge in [-0.1, -0.05) is 0 Å². The molecule has 0 aromatic heterocycles. The van der Waals surface area contributed by atoms with Crippen LogP contribution in [-0.4, -0.2) is 11.8 Å². The summed E-state index contributed by atoms with van der Waals surface area (Å²) >= 11 is 0. The van der Waals surface area contributed by atoms with E-state index in [4.69, 9.17) is 23.3 Å². The van der Waals surface area contributed by atoms with Crippen molar-refractivity contribution >= 4 is 0 Å². The summed E-state index contributed by atoms with van der Waals surface area (Å²) in [5.74, 6) is -11.2. The standard InChI is InChI=1S/C4F5.5CO.Re/c5-2-1-3(6,7)4(2,8)9;5*1-2;/q-1;;;;;;. The van der Waals surface area contributed by atoms with Gasteiger partial charge in [-0.05, 0) is 5.83 Å². The number of allylic oxidation sites excluding steroid dienone is 2. The Morgan fingerprint density at radius 1 is 0.700 bits per heavy atom. The fourth-order valence-corrected chi connectivity index (χ4v) is 0.370. The molecule has 5 nitrogen and oxygen atoms in total. The van der Waals surface area contributed by atoms with Crippen molar-refractivity contribution in [3.63, 3.8) is 0 Å². The van der Waals surface area contributed by atoms with E-state index < -0.39 is 17.7 Å². The number of hydrogen-bond donors (Lipinski definition) is 0. The summed E-state index contributed by atoms with van der Waals surface area (Å²) < 4.78 is 94.7. The molecule has 109 valence electrons. The van der Waals surface area contributed by atoms with Gasteiger partial charge < -0.3 is 6.08 Å². The summed E-state index contributed by atoms with van der Waals surface area (Å²) in [6, 6.07) is 0. The molecule has 11 heteroatoms. The third-order valence-corrected chi connectivity index (χ3v) is 0.937. The summed E-state index contributed by atoms with van der Waals surface area (Å²) in [7, 11) is 0. The van der Waals surface area contributed by atoms with Crippen LogP contribution in [0.3, 0.4) is 0 Å². The van der Waals surface area contributed by atoms with Gasteiger partial charge in [0.05, 0.1) is 0 Å². The van der Waals surface area contributed by atoms with Crippen LogP contribution >= 0.6 is 0 Å². The third-order valence-electron chi connectivity index (χ3n) is 0.937. The van der Waals surface area contributed by atoms with Crippen molar-refractivity contribution in [3.8, 4) is 0 Å². The molecule has 0 bridgehead atoms. The predicted molar refractivity (Wildman–Crippen MR) is 37.4 cm³/mol. The minimum Gasteiger partial charge on any atom is 0 e. The average Bonchev–Trinajstić information content (AvgIpc) is 2.49. The average molecular weight is 469 g/mol. The van der Waals surface area contributed by atoms with Gasteiger partial charge in [0.2, 0.25) is 0 Å². The van der Waals surface area contributed by atoms with Crippen LogP contribution in [0.15, 0.2) is 5.83 Å². The summed E-state index contributed by atoms with van der Waals surface area (Å²) in [6.45, 7) is 22.5. The first kappa shape index (κ1) is 36.3. The van der Waals surface area contributed by atoms with Crippen molar-refractivity contribution in [1.29, 1.82) is 0 Å². The Kier molecular flexibility index (Phi) is 41.6. The molecule has 0 aromatic rings. The maximum atomic E-state index is 11.5. The molecule has 0 unspecified atom stereocenters. The molecule has 0 aliphatic heterocycles. The molecule has 0 fully saturated rings. The third kappa shape index (κ3) is 11.8. The van der Waals surface area contributed by atoms with Gasteiger partial charge in [0, 0.05) is 20.4 Å². The van der Waals surface area contributed by atoms with E-state index in [1.54, 1.807) is 0 Å². The second kappa shape index (κ2) is 22.9. The first-order chi connectivity index (χ1) is 8.88. The van der Waals surface area contributed by atoms with Crippen molar-refractivity contribution in [3.05, 3.63) is 45.2 Å². The fraction of sp³-hybridized carbons (Fsp3) is 0.222. The molecule has 1 aliphatic rings. The molecule has 0 amide bonds. The minimum absolute atomic E-state index is 0. The minimum atomic E-state index is -4.62. The molecule has 1 radical (unpaired) electrons. The second-order valence-electron chi connectivity index (χ2n) is 1.59. The molecule has 0 spiro atoms. The van der Waals surface area contributed by atoms with Crippen LogP contribution in [0.1, 0.15) is 0 Å². The molecular formula is C9F5O5Re-. The largest absolute Gasteiger partial charge is 0 e. The van der Waals surface area contributed by atoms with E-state index in [1.165, 1.54) is 0 Å². The second-order valence-corrected chi connectivity index (χ2v) is 1.59. The van der Waals surface area contributed by atoms with Crippen LogP contribution in [0.4, 0.5) is 22.0 Å². The maximum absolute atomic E-state index is 11.5. The molecule has 1 rings (SSSR count). The number of hydrogen-bond acceptors (Lipinski definition) is 0. The van der Waals surface area contributed by atoms with E-state index in [1.807, 2.05) is 0 Å². The van der Waals surface area contributed by atoms with Crippen molar-refractivity contribution in [2.75, 3.05) is 0 Å². The first-order valence-corrected chi connectivity index (χ1v) is 2.97. The number of rotatable bonds is 0. The molecule has 0 saturated heterocycles. The van der Waals surface area contributed by atoms with E-state index in [2.05, 4.69) is 33.3 Å². The fourth-order valence-electron chi connectivity index (χ4n) is 0.370. The quantitative estimate of drug-likeness (QED) is 0.293. The Balaban J connectivity index is -0.0000000384. The number of alkyl halides is 4. The van der Waals surface area contributed by atoms with Crippen LogP contribution in [0, 0.1) is 39.3 Å². The summed E-state index contributed by atoms with van der Waals surface area (Å²) in [5.41, 5.74) is 0. The van der Waals surface area contributed by atoms with Gasteiger partial charge in [0.25, 0.3) is 0 Å². The Bertz CT molecular complexity index is 321. The topological polar surface area (TPSA) is 99.5 Å². The molecule has 20 heavy (non-hydrogen) atoms. The van der Waals surface area contributed by atoms with Crippen molar-refractivity contribution in [1.82, 2.24) is 0 Å². The first-order valence-electron chi connectivity index (χ1n) is 2.97. The zero-order valence-corrected chi connectivity index (χ0v) is 11.5. The summed E-state index contributed by atoms with van der Waals surface area (Å²) in [4.78, 5) is 0. The molecule has 0 aromatic carbocycles. The van der Waals surface area contributed by atoms with Gasteiger partial charge >= 0.3 is 62.4 Å². The monoisotopic (exact) mass is 470 g/mol. The Morgan fingerprint density at radius 3 is 0.900 bits per heavy atom. The normalized spacial score (nSPS) is 13.4. The van der Waals surface area contributed by atoms with Crippen molar-refractivity contribution in [2.24, 2.45) is 0 Å². The molecule has 1 aliphatic carbocycles. The van der Waals surface area contributed by atoms with E-state index in [0.29, 0.717) is 6.08 Å². The van der Waals surface area contributed by atoms with E-state index in [9.17, 15) is 22.0 Å². The molecular weight excluding hydrogens is 469 g/mol. The van der Waals surface area contributed by atoms with Gasteiger partial charge in [-0.25, -0.2) is 13.2 Å². The SMILES string of the molecule is FC1=[C-]C(F)(F)C1(F)F.[C-]#[O+].[C-]#[O+].[C-]#[O+].[C-]#[O+].[C-]#[O+].[Re]. The zero-order chi connectivity index (χ0) is 17.3. The van der Waals surface area contributed by atoms with Crippen LogP contribution in [-0.2, 0) is 43.7 Å². The van der Waals surface area contributed by atoms with E-state index in [0.717, 1.165) is 0 Å². The maximum Gasteiger partial charge on any atom is 0 e. The summed E-state index contributed by atoms with van der Waals surface area (Å²) in [5, 5.41) is 0. The van der Waals surface area contributed by atoms with Crippen molar-refractivity contribution < 1.29 is 65.6 Å².